The van der Waals surface area contributed by atoms with Crippen molar-refractivity contribution in [1.82, 2.24) is 0 Å². The standard InChI is InChI=1S/C13H9F3O8S3/c14-7-1-4-11(10(15)5-7)25(17,18)13(16)9-3-2-8(26(19,20)21)6-12(9)27(22,23)24/h1-6,13H,(H,19,20,21)(H,22,23,24). The predicted octanol–water partition coefficient (Wildman–Crippen LogP) is 1.90. The molecule has 27 heavy (non-hydrogen) atoms. The van der Waals surface area contributed by atoms with Crippen LogP contribution in [0.5, 0.6) is 0 Å². The zero-order chi connectivity index (χ0) is 20.8. The minimum atomic E-state index is -5.35. The van der Waals surface area contributed by atoms with E-state index in [1.165, 1.54) is 0 Å². The summed E-state index contributed by atoms with van der Waals surface area (Å²) in [7, 11) is -15.6. The summed E-state index contributed by atoms with van der Waals surface area (Å²) < 4.78 is 129. The van der Waals surface area contributed by atoms with Crippen LogP contribution in [-0.2, 0) is 30.1 Å². The van der Waals surface area contributed by atoms with E-state index in [9.17, 15) is 38.4 Å². The minimum absolute atomic E-state index is 0.128. The quantitative estimate of drug-likeness (QED) is 0.524. The van der Waals surface area contributed by atoms with Gasteiger partial charge in [0.2, 0.25) is 15.3 Å². The van der Waals surface area contributed by atoms with E-state index in [0.717, 1.165) is 0 Å². The first-order valence-electron chi connectivity index (χ1n) is 6.57. The lowest BCUT2D eigenvalue weighted by molar-refractivity contribution is 0.418. The molecule has 2 aromatic carbocycles. The Kier molecular flexibility index (Phi) is 5.42. The number of halogens is 3. The Labute approximate surface area is 151 Å². The number of alkyl halides is 1. The van der Waals surface area contributed by atoms with Gasteiger partial charge in [0, 0.05) is 11.6 Å². The number of benzene rings is 2. The van der Waals surface area contributed by atoms with E-state index in [0.29, 0.717) is 24.3 Å². The van der Waals surface area contributed by atoms with Crippen LogP contribution in [-0.4, -0.2) is 34.4 Å². The molecule has 148 valence electrons. The highest BCUT2D eigenvalue weighted by molar-refractivity contribution is 7.91. The zero-order valence-electron chi connectivity index (χ0n) is 12.7. The first-order valence-corrected chi connectivity index (χ1v) is 11.0. The van der Waals surface area contributed by atoms with Crippen LogP contribution in [0.25, 0.3) is 0 Å². The molecule has 0 heterocycles. The second kappa shape index (κ2) is 6.87. The van der Waals surface area contributed by atoms with E-state index in [-0.39, 0.29) is 12.1 Å². The first-order chi connectivity index (χ1) is 12.2. The molecule has 0 spiro atoms. The van der Waals surface area contributed by atoms with E-state index in [2.05, 4.69) is 0 Å². The summed E-state index contributed by atoms with van der Waals surface area (Å²) in [4.78, 5) is -3.84. The van der Waals surface area contributed by atoms with Crippen LogP contribution in [0.3, 0.4) is 0 Å². The average Bonchev–Trinajstić information content (AvgIpc) is 2.51. The van der Waals surface area contributed by atoms with Crippen molar-refractivity contribution in [3.05, 3.63) is 53.6 Å². The zero-order valence-corrected chi connectivity index (χ0v) is 15.2. The van der Waals surface area contributed by atoms with Gasteiger partial charge in [-0.3, -0.25) is 9.11 Å². The lowest BCUT2D eigenvalue weighted by Crippen LogP contribution is -2.15. The molecule has 0 radical (unpaired) electrons. The van der Waals surface area contributed by atoms with Gasteiger partial charge in [0.05, 0.1) is 4.90 Å². The normalized spacial score (nSPS) is 14.1. The van der Waals surface area contributed by atoms with Gasteiger partial charge in [-0.2, -0.15) is 16.8 Å². The summed E-state index contributed by atoms with van der Waals surface area (Å²) in [5.74, 6) is -2.81. The molecule has 0 aliphatic heterocycles. The monoisotopic (exact) mass is 446 g/mol. The molecule has 14 heteroatoms. The van der Waals surface area contributed by atoms with Crippen molar-refractivity contribution >= 4 is 30.1 Å². The first kappa shape index (κ1) is 21.3. The molecule has 0 amide bonds. The van der Waals surface area contributed by atoms with Gasteiger partial charge in [-0.25, -0.2) is 21.6 Å². The molecule has 0 aliphatic rings. The van der Waals surface area contributed by atoms with E-state index in [1.807, 2.05) is 0 Å². The van der Waals surface area contributed by atoms with E-state index in [4.69, 9.17) is 9.11 Å². The second-order valence-corrected chi connectivity index (χ2v) is 9.84. The fourth-order valence-electron chi connectivity index (χ4n) is 2.07. The molecular weight excluding hydrogens is 437 g/mol. The third-order valence-electron chi connectivity index (χ3n) is 3.28. The molecule has 1 atom stereocenters. The summed E-state index contributed by atoms with van der Waals surface area (Å²) >= 11 is 0. The molecule has 0 fully saturated rings. The lowest BCUT2D eigenvalue weighted by atomic mass is 10.2. The van der Waals surface area contributed by atoms with Crippen molar-refractivity contribution in [3.63, 3.8) is 0 Å². The Morgan fingerprint density at radius 1 is 0.778 bits per heavy atom. The fourth-order valence-corrected chi connectivity index (χ4v) is 4.82. The number of sulfone groups is 1. The number of hydrogen-bond donors (Lipinski definition) is 2. The van der Waals surface area contributed by atoms with Crippen molar-refractivity contribution in [3.8, 4) is 0 Å². The van der Waals surface area contributed by atoms with Crippen LogP contribution in [0.2, 0.25) is 0 Å². The van der Waals surface area contributed by atoms with Gasteiger partial charge in [0.1, 0.15) is 21.4 Å². The van der Waals surface area contributed by atoms with Gasteiger partial charge in [-0.15, -0.1) is 0 Å². The summed E-state index contributed by atoms with van der Waals surface area (Å²) in [6.07, 6.45) is 0. The highest BCUT2D eigenvalue weighted by Crippen LogP contribution is 2.36. The molecule has 2 N–H and O–H groups in total. The van der Waals surface area contributed by atoms with Gasteiger partial charge >= 0.3 is 0 Å². The largest absolute Gasteiger partial charge is 0.294 e. The van der Waals surface area contributed by atoms with Crippen LogP contribution in [0.4, 0.5) is 13.2 Å². The highest BCUT2D eigenvalue weighted by Gasteiger charge is 2.36. The summed E-state index contributed by atoms with van der Waals surface area (Å²) in [6.45, 7) is 0. The van der Waals surface area contributed by atoms with Crippen molar-refractivity contribution in [2.24, 2.45) is 0 Å². The maximum Gasteiger partial charge on any atom is 0.294 e. The van der Waals surface area contributed by atoms with Crippen LogP contribution < -0.4 is 0 Å². The Morgan fingerprint density at radius 2 is 1.37 bits per heavy atom. The van der Waals surface area contributed by atoms with Crippen molar-refractivity contribution in [2.75, 3.05) is 0 Å². The Morgan fingerprint density at radius 3 is 1.85 bits per heavy atom. The Balaban J connectivity index is 2.73. The maximum atomic E-state index is 14.7. The highest BCUT2D eigenvalue weighted by atomic mass is 32.2. The van der Waals surface area contributed by atoms with Crippen molar-refractivity contribution in [2.45, 2.75) is 20.2 Å². The van der Waals surface area contributed by atoms with Gasteiger partial charge in [-0.1, -0.05) is 6.07 Å². The Bertz CT molecular complexity index is 1220. The van der Waals surface area contributed by atoms with Crippen LogP contribution >= 0.6 is 0 Å². The van der Waals surface area contributed by atoms with E-state index < -0.39 is 67.5 Å². The second-order valence-electron chi connectivity index (χ2n) is 5.09. The van der Waals surface area contributed by atoms with Gasteiger partial charge < -0.3 is 0 Å². The fraction of sp³-hybridized carbons (Fsp3) is 0.0769. The predicted molar refractivity (Wildman–Crippen MR) is 83.5 cm³/mol. The molecule has 2 aromatic rings. The maximum absolute atomic E-state index is 14.7. The molecule has 1 unspecified atom stereocenters. The molecular formula is C13H9F3O8S3. The molecule has 0 bridgehead atoms. The van der Waals surface area contributed by atoms with Crippen LogP contribution in [0, 0.1) is 11.6 Å². The van der Waals surface area contributed by atoms with Crippen molar-refractivity contribution in [1.29, 1.82) is 0 Å². The summed E-state index contributed by atoms with van der Waals surface area (Å²) in [5, 5.41) is 0. The van der Waals surface area contributed by atoms with Crippen LogP contribution in [0.1, 0.15) is 11.1 Å². The molecule has 0 saturated heterocycles. The SMILES string of the molecule is O=S(=O)(O)c1ccc(C(F)S(=O)(=O)c2ccc(F)cc2F)c(S(=O)(=O)O)c1. The average molecular weight is 446 g/mol. The third kappa shape index (κ3) is 4.30. The molecule has 2 rings (SSSR count). The molecule has 8 nitrogen and oxygen atoms in total. The van der Waals surface area contributed by atoms with E-state index >= 15 is 0 Å². The Hall–Kier alpha value is -2.00. The third-order valence-corrected chi connectivity index (χ3v) is 6.78. The smallest absolute Gasteiger partial charge is 0.282 e. The van der Waals surface area contributed by atoms with Gasteiger partial charge in [0.25, 0.3) is 20.2 Å². The van der Waals surface area contributed by atoms with Gasteiger partial charge in [-0.05, 0) is 24.3 Å². The number of hydrogen-bond acceptors (Lipinski definition) is 6. The molecule has 0 saturated carbocycles. The van der Waals surface area contributed by atoms with Crippen molar-refractivity contribution < 1.29 is 47.5 Å². The minimum Gasteiger partial charge on any atom is -0.282 e. The van der Waals surface area contributed by atoms with Crippen LogP contribution in [0.15, 0.2) is 51.1 Å². The summed E-state index contributed by atoms with van der Waals surface area (Å²) in [5.41, 5.74) is -4.52. The molecule has 0 aromatic heterocycles. The van der Waals surface area contributed by atoms with Gasteiger partial charge in [0.15, 0.2) is 0 Å². The lowest BCUT2D eigenvalue weighted by Gasteiger charge is -2.14. The molecule has 0 aliphatic carbocycles. The summed E-state index contributed by atoms with van der Waals surface area (Å²) in [6, 6.07) is 2.06. The topological polar surface area (TPSA) is 143 Å². The van der Waals surface area contributed by atoms with E-state index in [1.54, 1.807) is 0 Å². The number of rotatable bonds is 5.